The maximum atomic E-state index is 11.8. The molecule has 0 aromatic heterocycles. The molecule has 0 bridgehead atoms. The molecule has 1 aromatic rings. The van der Waals surface area contributed by atoms with E-state index >= 15 is 0 Å². The number of rotatable bonds is 1. The molecule has 0 saturated heterocycles. The number of nitrogens with zero attached hydrogens (tertiary/aromatic N) is 1. The average Bonchev–Trinajstić information content (AvgIpc) is 2.47. The molecule has 2 rings (SSSR count). The maximum absolute atomic E-state index is 11.8. The summed E-state index contributed by atoms with van der Waals surface area (Å²) in [5, 5.41) is 3.04. The first-order valence-electron chi connectivity index (χ1n) is 4.39. The first-order valence-corrected chi connectivity index (χ1v) is 5.19. The SMILES string of the molecule is CNc1ccc(Br)c2c1C(=O)N(C)C2. The molecule has 74 valence electrons. The standard InChI is InChI=1S/C10H11BrN2O/c1-12-8-4-3-7(11)6-5-13(2)10(14)9(6)8/h3-4,12H,5H2,1-2H3. The fourth-order valence-electron chi connectivity index (χ4n) is 1.73. The van der Waals surface area contributed by atoms with E-state index in [2.05, 4.69) is 21.2 Å². The van der Waals surface area contributed by atoms with Crippen molar-refractivity contribution in [3.8, 4) is 0 Å². The van der Waals surface area contributed by atoms with Gasteiger partial charge in [-0.3, -0.25) is 4.79 Å². The van der Waals surface area contributed by atoms with Gasteiger partial charge in [-0.2, -0.15) is 0 Å². The first kappa shape index (κ1) is 9.52. The normalized spacial score (nSPS) is 14.5. The van der Waals surface area contributed by atoms with Crippen LogP contribution in [0.3, 0.4) is 0 Å². The van der Waals surface area contributed by atoms with E-state index in [9.17, 15) is 4.79 Å². The summed E-state index contributed by atoms with van der Waals surface area (Å²) in [6, 6.07) is 3.89. The molecule has 1 N–H and O–H groups in total. The number of hydrogen-bond acceptors (Lipinski definition) is 2. The third-order valence-corrected chi connectivity index (χ3v) is 3.22. The van der Waals surface area contributed by atoms with Crippen molar-refractivity contribution in [3.05, 3.63) is 27.7 Å². The van der Waals surface area contributed by atoms with Crippen molar-refractivity contribution >= 4 is 27.5 Å². The minimum absolute atomic E-state index is 0.0886. The maximum Gasteiger partial charge on any atom is 0.256 e. The van der Waals surface area contributed by atoms with Crippen molar-refractivity contribution in [1.82, 2.24) is 4.90 Å². The molecular formula is C10H11BrN2O. The minimum Gasteiger partial charge on any atom is -0.387 e. The summed E-state index contributed by atoms with van der Waals surface area (Å²) < 4.78 is 1.00. The quantitative estimate of drug-likeness (QED) is 0.833. The van der Waals surface area contributed by atoms with Crippen LogP contribution < -0.4 is 5.32 Å². The lowest BCUT2D eigenvalue weighted by Gasteiger charge is -2.07. The fraction of sp³-hybridized carbons (Fsp3) is 0.300. The lowest BCUT2D eigenvalue weighted by Crippen LogP contribution is -2.18. The summed E-state index contributed by atoms with van der Waals surface area (Å²) in [5.74, 6) is 0.0886. The van der Waals surface area contributed by atoms with Gasteiger partial charge in [0.15, 0.2) is 0 Å². The number of carbonyl (C=O) groups is 1. The van der Waals surface area contributed by atoms with Crippen molar-refractivity contribution in [2.75, 3.05) is 19.4 Å². The number of anilines is 1. The van der Waals surface area contributed by atoms with Crippen LogP contribution in [0.15, 0.2) is 16.6 Å². The number of hydrogen-bond donors (Lipinski definition) is 1. The van der Waals surface area contributed by atoms with Crippen molar-refractivity contribution in [1.29, 1.82) is 0 Å². The van der Waals surface area contributed by atoms with E-state index < -0.39 is 0 Å². The van der Waals surface area contributed by atoms with Crippen molar-refractivity contribution in [2.24, 2.45) is 0 Å². The molecule has 1 aromatic carbocycles. The number of fused-ring (bicyclic) bond motifs is 1. The molecule has 14 heavy (non-hydrogen) atoms. The third-order valence-electron chi connectivity index (χ3n) is 2.48. The molecule has 3 nitrogen and oxygen atoms in total. The summed E-state index contributed by atoms with van der Waals surface area (Å²) >= 11 is 3.46. The van der Waals surface area contributed by atoms with Crippen LogP contribution >= 0.6 is 15.9 Å². The highest BCUT2D eigenvalue weighted by atomic mass is 79.9. The van der Waals surface area contributed by atoms with Gasteiger partial charge >= 0.3 is 0 Å². The van der Waals surface area contributed by atoms with Gasteiger partial charge in [-0.1, -0.05) is 15.9 Å². The van der Waals surface area contributed by atoms with E-state index in [1.54, 1.807) is 4.90 Å². The van der Waals surface area contributed by atoms with Crippen LogP contribution in [0, 0.1) is 0 Å². The zero-order valence-corrected chi connectivity index (χ0v) is 9.68. The molecule has 4 heteroatoms. The van der Waals surface area contributed by atoms with Gasteiger partial charge in [-0.25, -0.2) is 0 Å². The lowest BCUT2D eigenvalue weighted by atomic mass is 10.1. The van der Waals surface area contributed by atoms with E-state index in [1.807, 2.05) is 26.2 Å². The highest BCUT2D eigenvalue weighted by molar-refractivity contribution is 9.10. The topological polar surface area (TPSA) is 32.3 Å². The Balaban J connectivity index is 2.65. The predicted molar refractivity (Wildman–Crippen MR) is 59.5 cm³/mol. The van der Waals surface area contributed by atoms with E-state index in [4.69, 9.17) is 0 Å². The molecule has 1 aliphatic heterocycles. The van der Waals surface area contributed by atoms with E-state index in [0.717, 1.165) is 21.3 Å². The molecular weight excluding hydrogens is 244 g/mol. The highest BCUT2D eigenvalue weighted by Gasteiger charge is 2.28. The Hall–Kier alpha value is -1.03. The Bertz CT molecular complexity index is 403. The lowest BCUT2D eigenvalue weighted by molar-refractivity contribution is 0.0817. The Kier molecular flexibility index (Phi) is 2.23. The van der Waals surface area contributed by atoms with Crippen LogP contribution in [-0.4, -0.2) is 24.9 Å². The number of benzene rings is 1. The van der Waals surface area contributed by atoms with Gasteiger partial charge in [-0.15, -0.1) is 0 Å². The molecule has 1 aliphatic rings. The minimum atomic E-state index is 0.0886. The van der Waals surface area contributed by atoms with Gasteiger partial charge in [0, 0.05) is 36.4 Å². The molecule has 0 fully saturated rings. The molecule has 1 amide bonds. The molecule has 0 saturated carbocycles. The molecule has 0 aliphatic carbocycles. The highest BCUT2D eigenvalue weighted by Crippen LogP contribution is 2.33. The van der Waals surface area contributed by atoms with Crippen molar-refractivity contribution < 1.29 is 4.79 Å². The molecule has 0 unspecified atom stereocenters. The number of halogens is 1. The Morgan fingerprint density at radius 3 is 2.86 bits per heavy atom. The van der Waals surface area contributed by atoms with Crippen LogP contribution in [0.2, 0.25) is 0 Å². The summed E-state index contributed by atoms with van der Waals surface area (Å²) in [6.07, 6.45) is 0. The van der Waals surface area contributed by atoms with Gasteiger partial charge in [0.25, 0.3) is 5.91 Å². The van der Waals surface area contributed by atoms with Crippen molar-refractivity contribution in [3.63, 3.8) is 0 Å². The molecule has 0 atom stereocenters. The van der Waals surface area contributed by atoms with Crippen LogP contribution in [0.5, 0.6) is 0 Å². The average molecular weight is 255 g/mol. The molecule has 0 radical (unpaired) electrons. The van der Waals surface area contributed by atoms with Crippen molar-refractivity contribution in [2.45, 2.75) is 6.54 Å². The largest absolute Gasteiger partial charge is 0.387 e. The summed E-state index contributed by atoms with van der Waals surface area (Å²) in [6.45, 7) is 0.685. The zero-order valence-electron chi connectivity index (χ0n) is 8.10. The number of amides is 1. The second-order valence-electron chi connectivity index (χ2n) is 3.36. The summed E-state index contributed by atoms with van der Waals surface area (Å²) in [7, 11) is 3.64. The van der Waals surface area contributed by atoms with Gasteiger partial charge < -0.3 is 10.2 Å². The van der Waals surface area contributed by atoms with Gasteiger partial charge in [0.05, 0.1) is 5.56 Å². The monoisotopic (exact) mass is 254 g/mol. The Morgan fingerprint density at radius 1 is 1.50 bits per heavy atom. The van der Waals surface area contributed by atoms with Crippen LogP contribution in [0.1, 0.15) is 15.9 Å². The second-order valence-corrected chi connectivity index (χ2v) is 4.21. The Morgan fingerprint density at radius 2 is 2.21 bits per heavy atom. The fourth-order valence-corrected chi connectivity index (χ4v) is 2.19. The van der Waals surface area contributed by atoms with Gasteiger partial charge in [0.2, 0.25) is 0 Å². The van der Waals surface area contributed by atoms with E-state index in [-0.39, 0.29) is 5.91 Å². The Labute approximate surface area is 91.2 Å². The summed E-state index contributed by atoms with van der Waals surface area (Å²) in [4.78, 5) is 13.5. The van der Waals surface area contributed by atoms with E-state index in [0.29, 0.717) is 6.54 Å². The number of nitrogens with one attached hydrogen (secondary N) is 1. The third kappa shape index (κ3) is 1.21. The van der Waals surface area contributed by atoms with Crippen LogP contribution in [-0.2, 0) is 6.54 Å². The zero-order chi connectivity index (χ0) is 10.3. The van der Waals surface area contributed by atoms with Gasteiger partial charge in [0.1, 0.15) is 0 Å². The first-order chi connectivity index (χ1) is 6.65. The predicted octanol–water partition coefficient (Wildman–Crippen LogP) is 2.08. The second kappa shape index (κ2) is 3.28. The van der Waals surface area contributed by atoms with Gasteiger partial charge in [-0.05, 0) is 12.1 Å². The smallest absolute Gasteiger partial charge is 0.256 e. The number of carbonyl (C=O) groups excluding carboxylic acids is 1. The van der Waals surface area contributed by atoms with E-state index in [1.165, 1.54) is 0 Å². The summed E-state index contributed by atoms with van der Waals surface area (Å²) in [5.41, 5.74) is 2.77. The van der Waals surface area contributed by atoms with Crippen LogP contribution in [0.25, 0.3) is 0 Å². The molecule has 0 spiro atoms. The van der Waals surface area contributed by atoms with Crippen LogP contribution in [0.4, 0.5) is 5.69 Å². The molecule has 1 heterocycles.